The van der Waals surface area contributed by atoms with E-state index in [1.54, 1.807) is 6.20 Å². The quantitative estimate of drug-likeness (QED) is 0.913. The molecule has 3 heterocycles. The van der Waals surface area contributed by atoms with Gasteiger partial charge in [0.2, 0.25) is 0 Å². The Labute approximate surface area is 113 Å². The van der Waals surface area contributed by atoms with Gasteiger partial charge in [-0.1, -0.05) is 6.07 Å². The van der Waals surface area contributed by atoms with E-state index >= 15 is 0 Å². The monoisotopic (exact) mass is 256 g/mol. The lowest BCUT2D eigenvalue weighted by molar-refractivity contribution is 0.376. The number of nitrogens with one attached hydrogen (secondary N) is 1. The largest absolute Gasteiger partial charge is 0.316 e. The Bertz CT molecular complexity index is 523. The Morgan fingerprint density at radius 3 is 2.95 bits per heavy atom. The number of pyridine rings is 1. The Kier molecular flexibility index (Phi) is 3.60. The van der Waals surface area contributed by atoms with Crippen LogP contribution in [0, 0.1) is 5.92 Å². The van der Waals surface area contributed by atoms with Gasteiger partial charge in [-0.2, -0.15) is 5.10 Å². The molecule has 0 spiro atoms. The van der Waals surface area contributed by atoms with Crippen molar-refractivity contribution in [2.75, 3.05) is 13.1 Å². The Morgan fingerprint density at radius 1 is 1.37 bits per heavy atom. The fraction of sp³-hybridized carbons (Fsp3) is 0.467. The molecule has 2 aromatic heterocycles. The molecule has 1 fully saturated rings. The van der Waals surface area contributed by atoms with Crippen LogP contribution in [0.5, 0.6) is 0 Å². The molecule has 2 aromatic rings. The van der Waals surface area contributed by atoms with Crippen molar-refractivity contribution in [3.8, 4) is 11.4 Å². The highest BCUT2D eigenvalue weighted by Crippen LogP contribution is 2.19. The van der Waals surface area contributed by atoms with Gasteiger partial charge in [0.05, 0.1) is 11.4 Å². The van der Waals surface area contributed by atoms with E-state index in [-0.39, 0.29) is 0 Å². The minimum atomic E-state index is 0.762. The highest BCUT2D eigenvalue weighted by atomic mass is 15.3. The Hall–Kier alpha value is -1.68. The van der Waals surface area contributed by atoms with Crippen molar-refractivity contribution in [1.82, 2.24) is 20.1 Å². The molecule has 0 radical (unpaired) electrons. The first-order valence-corrected chi connectivity index (χ1v) is 6.97. The topological polar surface area (TPSA) is 42.7 Å². The van der Waals surface area contributed by atoms with Gasteiger partial charge < -0.3 is 5.32 Å². The molecule has 1 atom stereocenters. The molecule has 4 heteroatoms. The van der Waals surface area contributed by atoms with Crippen LogP contribution in [0.2, 0.25) is 0 Å². The zero-order valence-corrected chi connectivity index (χ0v) is 11.3. The van der Waals surface area contributed by atoms with Gasteiger partial charge in [-0.15, -0.1) is 0 Å². The van der Waals surface area contributed by atoms with E-state index in [0.29, 0.717) is 0 Å². The minimum Gasteiger partial charge on any atom is -0.316 e. The van der Waals surface area contributed by atoms with Crippen molar-refractivity contribution in [2.24, 2.45) is 13.0 Å². The number of nitrogens with zero attached hydrogens (tertiary/aromatic N) is 3. The molecule has 100 valence electrons. The molecule has 19 heavy (non-hydrogen) atoms. The van der Waals surface area contributed by atoms with Crippen molar-refractivity contribution in [3.05, 3.63) is 36.2 Å². The SMILES string of the molecule is Cn1nccc1-c1ccc(C[C@@H]2CCCNC2)cn1. The number of hydrogen-bond acceptors (Lipinski definition) is 3. The highest BCUT2D eigenvalue weighted by Gasteiger charge is 2.13. The van der Waals surface area contributed by atoms with E-state index in [4.69, 9.17) is 0 Å². The van der Waals surface area contributed by atoms with Crippen LogP contribution in [0.4, 0.5) is 0 Å². The van der Waals surface area contributed by atoms with E-state index in [1.165, 1.54) is 24.9 Å². The first-order valence-electron chi connectivity index (χ1n) is 6.97. The van der Waals surface area contributed by atoms with E-state index in [1.807, 2.05) is 24.0 Å². The average Bonchev–Trinajstić information content (AvgIpc) is 2.87. The van der Waals surface area contributed by atoms with Crippen LogP contribution in [0.25, 0.3) is 11.4 Å². The molecule has 0 aliphatic carbocycles. The van der Waals surface area contributed by atoms with Gasteiger partial charge in [0, 0.05) is 19.4 Å². The summed E-state index contributed by atoms with van der Waals surface area (Å²) >= 11 is 0. The molecule has 1 aliphatic heterocycles. The summed E-state index contributed by atoms with van der Waals surface area (Å²) in [6, 6.07) is 6.29. The van der Waals surface area contributed by atoms with Crippen molar-refractivity contribution < 1.29 is 0 Å². The first-order chi connectivity index (χ1) is 9.33. The molecule has 0 unspecified atom stereocenters. The van der Waals surface area contributed by atoms with Gasteiger partial charge in [-0.25, -0.2) is 0 Å². The Balaban J connectivity index is 1.70. The van der Waals surface area contributed by atoms with Gasteiger partial charge in [-0.3, -0.25) is 9.67 Å². The summed E-state index contributed by atoms with van der Waals surface area (Å²) in [6.45, 7) is 2.32. The van der Waals surface area contributed by atoms with E-state index in [2.05, 4.69) is 27.5 Å². The first kappa shape index (κ1) is 12.4. The molecule has 1 aliphatic rings. The molecule has 1 saturated heterocycles. The molecule has 1 N–H and O–H groups in total. The number of hydrogen-bond donors (Lipinski definition) is 1. The number of rotatable bonds is 3. The summed E-state index contributed by atoms with van der Waals surface area (Å²) < 4.78 is 1.85. The standard InChI is InChI=1S/C15H20N4/c1-19-15(6-8-18-19)14-5-4-13(11-17-14)9-12-3-2-7-16-10-12/h4-6,8,11-12,16H,2-3,7,9-10H2,1H3/t12-/m0/s1. The fourth-order valence-electron chi connectivity index (χ4n) is 2.75. The molecular formula is C15H20N4. The Morgan fingerprint density at radius 2 is 2.32 bits per heavy atom. The molecule has 0 amide bonds. The summed E-state index contributed by atoms with van der Waals surface area (Å²) in [4.78, 5) is 4.57. The second kappa shape index (κ2) is 5.53. The van der Waals surface area contributed by atoms with Crippen molar-refractivity contribution >= 4 is 0 Å². The van der Waals surface area contributed by atoms with Crippen LogP contribution in [-0.4, -0.2) is 27.9 Å². The van der Waals surface area contributed by atoms with Gasteiger partial charge >= 0.3 is 0 Å². The van der Waals surface area contributed by atoms with Crippen molar-refractivity contribution in [2.45, 2.75) is 19.3 Å². The molecule has 4 nitrogen and oxygen atoms in total. The maximum absolute atomic E-state index is 4.57. The van der Waals surface area contributed by atoms with Crippen LogP contribution >= 0.6 is 0 Å². The van der Waals surface area contributed by atoms with E-state index in [0.717, 1.165) is 30.3 Å². The molecular weight excluding hydrogens is 236 g/mol. The number of aryl methyl sites for hydroxylation is 1. The summed E-state index contributed by atoms with van der Waals surface area (Å²) in [5, 5.41) is 7.64. The lowest BCUT2D eigenvalue weighted by atomic mass is 9.93. The van der Waals surface area contributed by atoms with Crippen LogP contribution in [0.1, 0.15) is 18.4 Å². The lowest BCUT2D eigenvalue weighted by Gasteiger charge is -2.22. The van der Waals surface area contributed by atoms with E-state index in [9.17, 15) is 0 Å². The minimum absolute atomic E-state index is 0.762. The van der Waals surface area contributed by atoms with Crippen LogP contribution < -0.4 is 5.32 Å². The second-order valence-corrected chi connectivity index (χ2v) is 5.31. The lowest BCUT2D eigenvalue weighted by Crippen LogP contribution is -2.30. The molecule has 0 bridgehead atoms. The van der Waals surface area contributed by atoms with Gasteiger partial charge in [0.25, 0.3) is 0 Å². The van der Waals surface area contributed by atoms with Gasteiger partial charge in [-0.05, 0) is 56.0 Å². The van der Waals surface area contributed by atoms with E-state index < -0.39 is 0 Å². The fourth-order valence-corrected chi connectivity index (χ4v) is 2.75. The van der Waals surface area contributed by atoms with Gasteiger partial charge in [0.15, 0.2) is 0 Å². The highest BCUT2D eigenvalue weighted by molar-refractivity contribution is 5.53. The predicted octanol–water partition coefficient (Wildman–Crippen LogP) is 2.02. The zero-order valence-electron chi connectivity index (χ0n) is 11.3. The molecule has 0 aromatic carbocycles. The predicted molar refractivity (Wildman–Crippen MR) is 75.7 cm³/mol. The summed E-state index contributed by atoms with van der Waals surface area (Å²) in [6.07, 6.45) is 7.57. The van der Waals surface area contributed by atoms with Crippen LogP contribution in [0.3, 0.4) is 0 Å². The maximum Gasteiger partial charge on any atom is 0.0883 e. The average molecular weight is 256 g/mol. The third-order valence-corrected chi connectivity index (χ3v) is 3.83. The third kappa shape index (κ3) is 2.84. The summed E-state index contributed by atoms with van der Waals surface area (Å²) in [5.74, 6) is 0.762. The van der Waals surface area contributed by atoms with Crippen molar-refractivity contribution in [3.63, 3.8) is 0 Å². The van der Waals surface area contributed by atoms with Gasteiger partial charge in [0.1, 0.15) is 0 Å². The third-order valence-electron chi connectivity index (χ3n) is 3.83. The summed E-state index contributed by atoms with van der Waals surface area (Å²) in [7, 11) is 1.94. The zero-order chi connectivity index (χ0) is 13.1. The molecule has 0 saturated carbocycles. The smallest absolute Gasteiger partial charge is 0.0883 e. The summed E-state index contributed by atoms with van der Waals surface area (Å²) in [5.41, 5.74) is 3.39. The normalized spacial score (nSPS) is 19.5. The second-order valence-electron chi connectivity index (χ2n) is 5.31. The van der Waals surface area contributed by atoms with Crippen molar-refractivity contribution in [1.29, 1.82) is 0 Å². The van der Waals surface area contributed by atoms with Crippen LogP contribution in [0.15, 0.2) is 30.6 Å². The number of aromatic nitrogens is 3. The van der Waals surface area contributed by atoms with Crippen LogP contribution in [-0.2, 0) is 13.5 Å². The molecule has 3 rings (SSSR count). The maximum atomic E-state index is 4.57. The number of piperidine rings is 1.